The van der Waals surface area contributed by atoms with Gasteiger partial charge in [-0.15, -0.1) is 0 Å². The molecule has 0 unspecified atom stereocenters. The summed E-state index contributed by atoms with van der Waals surface area (Å²) in [6.45, 7) is 5.76. The Hall–Kier alpha value is -0.140. The number of alkyl halides is 2. The van der Waals surface area contributed by atoms with Gasteiger partial charge in [0.2, 0.25) is 0 Å². The van der Waals surface area contributed by atoms with Crippen LogP contribution in [0.2, 0.25) is 0 Å². The molecule has 0 spiro atoms. The molecule has 1 rings (SSSR count). The Morgan fingerprint density at radius 3 is 2.25 bits per heavy atom. The van der Waals surface area contributed by atoms with Crippen molar-refractivity contribution < 1.29 is 8.78 Å². The highest BCUT2D eigenvalue weighted by molar-refractivity contribution is 4.87. The third-order valence-electron chi connectivity index (χ3n) is 2.99. The molecule has 12 heavy (non-hydrogen) atoms. The van der Waals surface area contributed by atoms with Gasteiger partial charge >= 0.3 is 0 Å². The van der Waals surface area contributed by atoms with E-state index in [0.29, 0.717) is 6.42 Å². The third-order valence-corrected chi connectivity index (χ3v) is 2.99. The maximum absolute atomic E-state index is 13.4. The van der Waals surface area contributed by atoms with E-state index in [2.05, 4.69) is 0 Å². The van der Waals surface area contributed by atoms with Gasteiger partial charge in [-0.05, 0) is 18.3 Å². The van der Waals surface area contributed by atoms with E-state index in [9.17, 15) is 8.78 Å². The minimum Gasteiger partial charge on any atom is -0.207 e. The largest absolute Gasteiger partial charge is 0.251 e. The van der Waals surface area contributed by atoms with E-state index in [0.717, 1.165) is 6.42 Å². The lowest BCUT2D eigenvalue weighted by Crippen LogP contribution is -2.40. The van der Waals surface area contributed by atoms with Crippen LogP contribution < -0.4 is 0 Å². The first kappa shape index (κ1) is 9.94. The Bertz CT molecular complexity index is 152. The quantitative estimate of drug-likeness (QED) is 0.571. The van der Waals surface area contributed by atoms with E-state index in [-0.39, 0.29) is 18.3 Å². The molecule has 0 aromatic carbocycles. The third kappa shape index (κ3) is 1.78. The summed E-state index contributed by atoms with van der Waals surface area (Å²) < 4.78 is 26.7. The van der Waals surface area contributed by atoms with Crippen molar-refractivity contribution in [3.05, 3.63) is 0 Å². The van der Waals surface area contributed by atoms with Crippen LogP contribution in [0.1, 0.15) is 40.0 Å². The summed E-state index contributed by atoms with van der Waals surface area (Å²) in [4.78, 5) is 0. The highest BCUT2D eigenvalue weighted by atomic mass is 19.3. The number of halogens is 2. The van der Waals surface area contributed by atoms with E-state index >= 15 is 0 Å². The van der Waals surface area contributed by atoms with Crippen LogP contribution in [0, 0.1) is 17.8 Å². The molecule has 1 aliphatic rings. The van der Waals surface area contributed by atoms with E-state index in [1.165, 1.54) is 0 Å². The van der Waals surface area contributed by atoms with Gasteiger partial charge in [-0.1, -0.05) is 27.2 Å². The van der Waals surface area contributed by atoms with Crippen LogP contribution >= 0.6 is 0 Å². The van der Waals surface area contributed by atoms with Crippen molar-refractivity contribution in [1.82, 2.24) is 0 Å². The van der Waals surface area contributed by atoms with Crippen molar-refractivity contribution in [2.24, 2.45) is 17.8 Å². The molecule has 0 aromatic heterocycles. The lowest BCUT2D eigenvalue weighted by Gasteiger charge is -2.38. The van der Waals surface area contributed by atoms with Crippen LogP contribution in [0.4, 0.5) is 8.78 Å². The van der Waals surface area contributed by atoms with Gasteiger partial charge in [0.15, 0.2) is 0 Å². The maximum Gasteiger partial charge on any atom is 0.251 e. The summed E-state index contributed by atoms with van der Waals surface area (Å²) in [5.74, 6) is -2.51. The summed E-state index contributed by atoms with van der Waals surface area (Å²) in [5, 5.41) is 0. The number of rotatable bonds is 1. The molecule has 0 amide bonds. The Morgan fingerprint density at radius 1 is 1.33 bits per heavy atom. The number of hydrogen-bond acceptors (Lipinski definition) is 0. The lowest BCUT2D eigenvalue weighted by molar-refractivity contribution is -0.122. The fourth-order valence-corrected chi connectivity index (χ4v) is 2.57. The molecule has 0 N–H and O–H groups in total. The predicted molar refractivity (Wildman–Crippen MR) is 46.3 cm³/mol. The molecular formula is C10H18F2. The second-order valence-electron chi connectivity index (χ2n) is 4.40. The van der Waals surface area contributed by atoms with Crippen molar-refractivity contribution in [1.29, 1.82) is 0 Å². The van der Waals surface area contributed by atoms with Gasteiger partial charge in [0.1, 0.15) is 0 Å². The van der Waals surface area contributed by atoms with Crippen LogP contribution in [0.15, 0.2) is 0 Å². The first-order chi connectivity index (χ1) is 5.45. The molecule has 72 valence electrons. The smallest absolute Gasteiger partial charge is 0.207 e. The van der Waals surface area contributed by atoms with Crippen molar-refractivity contribution in [3.8, 4) is 0 Å². The average Bonchev–Trinajstić information content (AvgIpc) is 1.82. The van der Waals surface area contributed by atoms with Crippen molar-refractivity contribution in [2.75, 3.05) is 0 Å². The second kappa shape index (κ2) is 3.31. The second-order valence-corrected chi connectivity index (χ2v) is 4.40. The Labute approximate surface area is 73.3 Å². The van der Waals surface area contributed by atoms with Crippen molar-refractivity contribution in [2.45, 2.75) is 46.0 Å². The topological polar surface area (TPSA) is 0 Å². The molecule has 0 bridgehead atoms. The highest BCUT2D eigenvalue weighted by Gasteiger charge is 2.46. The fraction of sp³-hybridized carbons (Fsp3) is 1.00. The van der Waals surface area contributed by atoms with Gasteiger partial charge in [0, 0.05) is 12.3 Å². The molecule has 1 aliphatic carbocycles. The molecule has 1 fully saturated rings. The fourth-order valence-electron chi connectivity index (χ4n) is 2.57. The first-order valence-corrected chi connectivity index (χ1v) is 4.83. The molecule has 0 nitrogen and oxygen atoms in total. The van der Waals surface area contributed by atoms with Gasteiger partial charge < -0.3 is 0 Å². The SMILES string of the molecule is CC(C)[C@H]1[C@@H](C)CCCC1(F)F. The van der Waals surface area contributed by atoms with Gasteiger partial charge in [-0.2, -0.15) is 0 Å². The zero-order valence-electron chi connectivity index (χ0n) is 8.11. The minimum absolute atomic E-state index is 0.0974. The summed E-state index contributed by atoms with van der Waals surface area (Å²) in [7, 11) is 0. The van der Waals surface area contributed by atoms with E-state index in [1.807, 2.05) is 20.8 Å². The van der Waals surface area contributed by atoms with Crippen LogP contribution in [0.5, 0.6) is 0 Å². The zero-order chi connectivity index (χ0) is 9.35. The molecule has 0 aromatic rings. The maximum atomic E-state index is 13.4. The first-order valence-electron chi connectivity index (χ1n) is 4.83. The van der Waals surface area contributed by atoms with Crippen molar-refractivity contribution in [3.63, 3.8) is 0 Å². The molecule has 0 heterocycles. The molecular weight excluding hydrogens is 158 g/mol. The predicted octanol–water partition coefficient (Wildman–Crippen LogP) is 3.71. The van der Waals surface area contributed by atoms with Gasteiger partial charge in [-0.25, -0.2) is 8.78 Å². The lowest BCUT2D eigenvalue weighted by atomic mass is 9.72. The van der Waals surface area contributed by atoms with Crippen molar-refractivity contribution >= 4 is 0 Å². The van der Waals surface area contributed by atoms with Gasteiger partial charge in [0.05, 0.1) is 0 Å². The number of hydrogen-bond donors (Lipinski definition) is 0. The van der Waals surface area contributed by atoms with E-state index < -0.39 is 11.8 Å². The summed E-state index contributed by atoms with van der Waals surface area (Å²) in [6, 6.07) is 0. The standard InChI is InChI=1S/C10H18F2/c1-7(2)9-8(3)5-4-6-10(9,11)12/h7-9H,4-6H2,1-3H3/t8-,9-/m0/s1. The Morgan fingerprint density at radius 2 is 1.92 bits per heavy atom. The minimum atomic E-state index is -2.41. The zero-order valence-corrected chi connectivity index (χ0v) is 8.11. The molecule has 1 saturated carbocycles. The Kier molecular flexibility index (Phi) is 2.74. The molecule has 2 atom stereocenters. The van der Waals surface area contributed by atoms with E-state index in [4.69, 9.17) is 0 Å². The molecule has 0 radical (unpaired) electrons. The normalized spacial score (nSPS) is 35.5. The van der Waals surface area contributed by atoms with Crippen LogP contribution in [0.25, 0.3) is 0 Å². The highest BCUT2D eigenvalue weighted by Crippen LogP contribution is 2.45. The van der Waals surface area contributed by atoms with Gasteiger partial charge in [-0.3, -0.25) is 0 Å². The summed E-state index contributed by atoms with van der Waals surface area (Å²) in [5.41, 5.74) is 0. The van der Waals surface area contributed by atoms with Crippen LogP contribution in [-0.4, -0.2) is 5.92 Å². The van der Waals surface area contributed by atoms with Crippen LogP contribution in [0.3, 0.4) is 0 Å². The Balaban J connectivity index is 2.74. The molecule has 2 heteroatoms. The monoisotopic (exact) mass is 176 g/mol. The summed E-state index contributed by atoms with van der Waals surface area (Å²) >= 11 is 0. The van der Waals surface area contributed by atoms with E-state index in [1.54, 1.807) is 0 Å². The van der Waals surface area contributed by atoms with Crippen LogP contribution in [-0.2, 0) is 0 Å². The van der Waals surface area contributed by atoms with Gasteiger partial charge in [0.25, 0.3) is 5.92 Å². The molecule has 0 aliphatic heterocycles. The average molecular weight is 176 g/mol. The molecule has 0 saturated heterocycles. The summed E-state index contributed by atoms with van der Waals surface area (Å²) in [6.07, 6.45) is 1.76.